The van der Waals surface area contributed by atoms with Crippen LogP contribution in [0.15, 0.2) is 0 Å². The summed E-state index contributed by atoms with van der Waals surface area (Å²) in [6, 6.07) is 0. The van der Waals surface area contributed by atoms with Gasteiger partial charge in [-0.05, 0) is 12.3 Å². The number of nitrogens with one attached hydrogen (secondary N) is 2. The van der Waals surface area contributed by atoms with Crippen LogP contribution in [0.1, 0.15) is 27.2 Å². The molecule has 0 aromatic heterocycles. The first kappa shape index (κ1) is 13.9. The van der Waals surface area contributed by atoms with Crippen LogP contribution in [0.2, 0.25) is 0 Å². The highest BCUT2D eigenvalue weighted by Gasteiger charge is 2.09. The molecule has 1 atom stereocenters. The van der Waals surface area contributed by atoms with Gasteiger partial charge < -0.3 is 15.7 Å². The fourth-order valence-electron chi connectivity index (χ4n) is 0.960. The Morgan fingerprint density at radius 1 is 1.27 bits per heavy atom. The van der Waals surface area contributed by atoms with Crippen LogP contribution in [0.5, 0.6) is 0 Å². The minimum atomic E-state index is -0.397. The van der Waals surface area contributed by atoms with E-state index in [4.69, 9.17) is 0 Å². The van der Waals surface area contributed by atoms with Crippen LogP contribution in [-0.4, -0.2) is 36.1 Å². The third kappa shape index (κ3) is 7.93. The summed E-state index contributed by atoms with van der Waals surface area (Å²) >= 11 is 0. The minimum absolute atomic E-state index is 0.00684. The maximum absolute atomic E-state index is 11.1. The fraction of sp³-hybridized carbons (Fsp3) is 0.800. The molecule has 0 aliphatic carbocycles. The highest BCUT2D eigenvalue weighted by atomic mass is 16.3. The van der Waals surface area contributed by atoms with Crippen LogP contribution in [0, 0.1) is 5.92 Å². The zero-order valence-electron chi connectivity index (χ0n) is 9.54. The first-order valence-electron chi connectivity index (χ1n) is 5.12. The normalized spacial score (nSPS) is 12.3. The lowest BCUT2D eigenvalue weighted by molar-refractivity contribution is -0.125. The second-order valence-corrected chi connectivity index (χ2v) is 3.86. The van der Waals surface area contributed by atoms with Crippen LogP contribution in [-0.2, 0) is 9.59 Å². The summed E-state index contributed by atoms with van der Waals surface area (Å²) in [7, 11) is 0. The number of carbonyl (C=O) groups excluding carboxylic acids is 2. The van der Waals surface area contributed by atoms with Crippen molar-refractivity contribution in [3.63, 3.8) is 0 Å². The van der Waals surface area contributed by atoms with E-state index in [1.807, 2.05) is 13.8 Å². The van der Waals surface area contributed by atoms with Gasteiger partial charge in [0.2, 0.25) is 11.8 Å². The second-order valence-electron chi connectivity index (χ2n) is 3.86. The number of hydrogen-bond acceptors (Lipinski definition) is 3. The van der Waals surface area contributed by atoms with Crippen LogP contribution >= 0.6 is 0 Å². The lowest BCUT2D eigenvalue weighted by Gasteiger charge is -2.14. The van der Waals surface area contributed by atoms with E-state index in [0.717, 1.165) is 0 Å². The summed E-state index contributed by atoms with van der Waals surface area (Å²) in [6.45, 7) is 5.62. The molecule has 0 aliphatic heterocycles. The first-order chi connectivity index (χ1) is 6.93. The lowest BCUT2D eigenvalue weighted by Crippen LogP contribution is -2.37. The maximum atomic E-state index is 11.1. The fourth-order valence-corrected chi connectivity index (χ4v) is 0.960. The van der Waals surface area contributed by atoms with Crippen molar-refractivity contribution < 1.29 is 14.7 Å². The molecule has 2 amide bonds. The van der Waals surface area contributed by atoms with Gasteiger partial charge in [-0.2, -0.15) is 0 Å². The van der Waals surface area contributed by atoms with Gasteiger partial charge in [0.25, 0.3) is 0 Å². The van der Waals surface area contributed by atoms with Gasteiger partial charge in [-0.25, -0.2) is 0 Å². The molecule has 0 saturated carbocycles. The second kappa shape index (κ2) is 7.23. The van der Waals surface area contributed by atoms with E-state index >= 15 is 0 Å². The van der Waals surface area contributed by atoms with Gasteiger partial charge in [0, 0.05) is 13.5 Å². The molecule has 0 aromatic carbocycles. The molecule has 0 radical (unpaired) electrons. The maximum Gasteiger partial charge on any atom is 0.239 e. The standard InChI is InChI=1S/C10H20N2O3/c1-7(2)9(14)4-5-11-10(15)6-12-8(3)13/h7,9,14H,4-6H2,1-3H3,(H,11,15)(H,12,13). The van der Waals surface area contributed by atoms with Crippen molar-refractivity contribution in [3.05, 3.63) is 0 Å². The number of rotatable bonds is 6. The smallest absolute Gasteiger partial charge is 0.239 e. The molecule has 88 valence electrons. The average Bonchev–Trinajstić information content (AvgIpc) is 2.14. The Balaban J connectivity index is 3.51. The Hall–Kier alpha value is -1.10. The summed E-state index contributed by atoms with van der Waals surface area (Å²) in [4.78, 5) is 21.6. The van der Waals surface area contributed by atoms with Crippen LogP contribution in [0.4, 0.5) is 0 Å². The molecule has 0 aromatic rings. The highest BCUT2D eigenvalue weighted by molar-refractivity contribution is 5.83. The van der Waals surface area contributed by atoms with E-state index in [0.29, 0.717) is 13.0 Å². The van der Waals surface area contributed by atoms with Crippen molar-refractivity contribution >= 4 is 11.8 Å². The molecular formula is C10H20N2O3. The first-order valence-corrected chi connectivity index (χ1v) is 5.12. The molecule has 0 heterocycles. The van der Waals surface area contributed by atoms with Crippen molar-refractivity contribution in [3.8, 4) is 0 Å². The Labute approximate surface area is 90.2 Å². The van der Waals surface area contributed by atoms with Crippen LogP contribution in [0.3, 0.4) is 0 Å². The largest absolute Gasteiger partial charge is 0.393 e. The number of hydrogen-bond donors (Lipinski definition) is 3. The van der Waals surface area contributed by atoms with Crippen molar-refractivity contribution in [2.75, 3.05) is 13.1 Å². The summed E-state index contributed by atoms with van der Waals surface area (Å²) in [6.07, 6.45) is 0.134. The zero-order valence-corrected chi connectivity index (χ0v) is 9.54. The molecule has 0 rings (SSSR count). The van der Waals surface area contributed by atoms with Gasteiger partial charge in [-0.3, -0.25) is 9.59 Å². The topological polar surface area (TPSA) is 78.4 Å². The SMILES string of the molecule is CC(=O)NCC(=O)NCCC(O)C(C)C. The molecule has 3 N–H and O–H groups in total. The third-order valence-corrected chi connectivity index (χ3v) is 2.03. The predicted molar refractivity (Wildman–Crippen MR) is 57.2 cm³/mol. The van der Waals surface area contributed by atoms with Crippen molar-refractivity contribution in [2.45, 2.75) is 33.3 Å². The summed E-state index contributed by atoms with van der Waals surface area (Å²) < 4.78 is 0. The van der Waals surface area contributed by atoms with Gasteiger partial charge in [-0.15, -0.1) is 0 Å². The summed E-state index contributed by atoms with van der Waals surface area (Å²) in [5.74, 6) is -0.272. The molecule has 1 unspecified atom stereocenters. The van der Waals surface area contributed by atoms with Crippen molar-refractivity contribution in [1.82, 2.24) is 10.6 Å². The van der Waals surface area contributed by atoms with Gasteiger partial charge in [-0.1, -0.05) is 13.8 Å². The number of aliphatic hydroxyl groups is 1. The minimum Gasteiger partial charge on any atom is -0.393 e. The van der Waals surface area contributed by atoms with E-state index in [9.17, 15) is 14.7 Å². The Kier molecular flexibility index (Phi) is 6.70. The average molecular weight is 216 g/mol. The number of carbonyl (C=O) groups is 2. The molecule has 0 fully saturated rings. The van der Waals surface area contributed by atoms with Crippen LogP contribution < -0.4 is 10.6 Å². The molecule has 5 heteroatoms. The van der Waals surface area contributed by atoms with E-state index in [2.05, 4.69) is 10.6 Å². The van der Waals surface area contributed by atoms with E-state index in [-0.39, 0.29) is 24.3 Å². The van der Waals surface area contributed by atoms with E-state index in [1.54, 1.807) is 0 Å². The van der Waals surface area contributed by atoms with Crippen molar-refractivity contribution in [2.24, 2.45) is 5.92 Å². The van der Waals surface area contributed by atoms with Gasteiger partial charge >= 0.3 is 0 Å². The van der Waals surface area contributed by atoms with Crippen molar-refractivity contribution in [1.29, 1.82) is 0 Å². The number of amides is 2. The highest BCUT2D eigenvalue weighted by Crippen LogP contribution is 2.03. The Morgan fingerprint density at radius 2 is 1.87 bits per heavy atom. The molecule has 0 saturated heterocycles. The van der Waals surface area contributed by atoms with Gasteiger partial charge in [0.15, 0.2) is 0 Å². The summed E-state index contributed by atoms with van der Waals surface area (Å²) in [5.41, 5.74) is 0. The monoisotopic (exact) mass is 216 g/mol. The molecule has 0 spiro atoms. The molecule has 0 bridgehead atoms. The quantitative estimate of drug-likeness (QED) is 0.567. The van der Waals surface area contributed by atoms with Gasteiger partial charge in [0.05, 0.1) is 12.6 Å². The lowest BCUT2D eigenvalue weighted by atomic mass is 10.0. The van der Waals surface area contributed by atoms with Gasteiger partial charge in [0.1, 0.15) is 0 Å². The molecular weight excluding hydrogens is 196 g/mol. The number of aliphatic hydroxyl groups excluding tert-OH is 1. The molecule has 0 aliphatic rings. The Morgan fingerprint density at radius 3 is 2.33 bits per heavy atom. The summed E-state index contributed by atoms with van der Waals surface area (Å²) in [5, 5.41) is 14.4. The Bertz CT molecular complexity index is 217. The van der Waals surface area contributed by atoms with E-state index < -0.39 is 6.10 Å². The van der Waals surface area contributed by atoms with E-state index in [1.165, 1.54) is 6.92 Å². The predicted octanol–water partition coefficient (Wildman–Crippen LogP) is -0.354. The molecule has 5 nitrogen and oxygen atoms in total. The third-order valence-electron chi connectivity index (χ3n) is 2.03. The molecule has 15 heavy (non-hydrogen) atoms. The zero-order chi connectivity index (χ0) is 11.8. The van der Waals surface area contributed by atoms with Crippen LogP contribution in [0.25, 0.3) is 0 Å².